The molecule has 0 aromatic heterocycles. The van der Waals surface area contributed by atoms with Crippen LogP contribution >= 0.6 is 0 Å². The summed E-state index contributed by atoms with van der Waals surface area (Å²) >= 11 is 0. The van der Waals surface area contributed by atoms with Gasteiger partial charge in [0.25, 0.3) is 0 Å². The molecule has 1 aromatic carbocycles. The molecule has 1 unspecified atom stereocenters. The molecular formula is C13H20O3. The van der Waals surface area contributed by atoms with Gasteiger partial charge in [0.1, 0.15) is 6.10 Å². The van der Waals surface area contributed by atoms with Gasteiger partial charge in [0.2, 0.25) is 0 Å². The van der Waals surface area contributed by atoms with E-state index in [-0.39, 0.29) is 0 Å². The van der Waals surface area contributed by atoms with Crippen LogP contribution in [0.1, 0.15) is 31.1 Å². The summed E-state index contributed by atoms with van der Waals surface area (Å²) in [5, 5.41) is 10.2. The van der Waals surface area contributed by atoms with Crippen molar-refractivity contribution in [3.63, 3.8) is 0 Å². The zero-order valence-electron chi connectivity index (χ0n) is 10.1. The Balaban J connectivity index is 2.81. The van der Waals surface area contributed by atoms with Crippen LogP contribution in [0, 0.1) is 6.92 Å². The standard InChI is InChI=1S/C13H20O3/c1-4-15-13(16-5-2)12(14)11-9-7-6-8-10(11)3/h6-9,12-14H,4-5H2,1-3H3. The predicted molar refractivity (Wildman–Crippen MR) is 63.2 cm³/mol. The van der Waals surface area contributed by atoms with Crippen LogP contribution in [-0.4, -0.2) is 24.6 Å². The smallest absolute Gasteiger partial charge is 0.187 e. The Labute approximate surface area is 97.0 Å². The first-order valence-corrected chi connectivity index (χ1v) is 5.67. The van der Waals surface area contributed by atoms with Gasteiger partial charge in [-0.1, -0.05) is 24.3 Å². The third-order valence-corrected chi connectivity index (χ3v) is 2.43. The van der Waals surface area contributed by atoms with E-state index >= 15 is 0 Å². The van der Waals surface area contributed by atoms with Crippen LogP contribution in [0.15, 0.2) is 24.3 Å². The second-order valence-corrected chi connectivity index (χ2v) is 3.58. The first-order valence-electron chi connectivity index (χ1n) is 5.67. The van der Waals surface area contributed by atoms with Gasteiger partial charge in [0.15, 0.2) is 6.29 Å². The first kappa shape index (κ1) is 13.2. The molecule has 0 aliphatic rings. The fraction of sp³-hybridized carbons (Fsp3) is 0.538. The first-order chi connectivity index (χ1) is 7.70. The number of rotatable bonds is 6. The minimum absolute atomic E-state index is 0.521. The van der Waals surface area contributed by atoms with Crippen molar-refractivity contribution in [2.24, 2.45) is 0 Å². The van der Waals surface area contributed by atoms with Crippen LogP contribution in [0.25, 0.3) is 0 Å². The number of ether oxygens (including phenoxy) is 2. The third-order valence-electron chi connectivity index (χ3n) is 2.43. The molecule has 1 aromatic rings. The maximum Gasteiger partial charge on any atom is 0.187 e. The van der Waals surface area contributed by atoms with Crippen molar-refractivity contribution in [1.82, 2.24) is 0 Å². The lowest BCUT2D eigenvalue weighted by Crippen LogP contribution is -2.26. The lowest BCUT2D eigenvalue weighted by molar-refractivity contribution is -0.191. The molecule has 3 nitrogen and oxygen atoms in total. The molecule has 0 aliphatic heterocycles. The van der Waals surface area contributed by atoms with Crippen molar-refractivity contribution in [3.05, 3.63) is 35.4 Å². The number of hydrogen-bond donors (Lipinski definition) is 1. The summed E-state index contributed by atoms with van der Waals surface area (Å²) < 4.78 is 10.8. The largest absolute Gasteiger partial charge is 0.383 e. The molecular weight excluding hydrogens is 204 g/mol. The SMILES string of the molecule is CCOC(OCC)C(O)c1ccccc1C. The maximum atomic E-state index is 10.2. The monoisotopic (exact) mass is 224 g/mol. The summed E-state index contributed by atoms with van der Waals surface area (Å²) in [6.07, 6.45) is -1.32. The molecule has 0 amide bonds. The quantitative estimate of drug-likeness (QED) is 0.754. The summed E-state index contributed by atoms with van der Waals surface area (Å²) in [6.45, 7) is 6.78. The molecule has 0 saturated heterocycles. The lowest BCUT2D eigenvalue weighted by Gasteiger charge is -2.23. The van der Waals surface area contributed by atoms with E-state index in [4.69, 9.17) is 9.47 Å². The number of aliphatic hydroxyl groups is 1. The lowest BCUT2D eigenvalue weighted by atomic mass is 10.0. The Morgan fingerprint density at radius 3 is 2.19 bits per heavy atom. The normalized spacial score (nSPS) is 13.1. The van der Waals surface area contributed by atoms with Crippen molar-refractivity contribution >= 4 is 0 Å². The Kier molecular flexibility index (Phi) is 5.46. The Morgan fingerprint density at radius 2 is 1.69 bits per heavy atom. The molecule has 1 rings (SSSR count). The van der Waals surface area contributed by atoms with Gasteiger partial charge < -0.3 is 14.6 Å². The van der Waals surface area contributed by atoms with E-state index < -0.39 is 12.4 Å². The van der Waals surface area contributed by atoms with E-state index in [1.54, 1.807) is 0 Å². The zero-order chi connectivity index (χ0) is 12.0. The number of benzene rings is 1. The molecule has 0 bridgehead atoms. The number of aliphatic hydroxyl groups excluding tert-OH is 1. The molecule has 90 valence electrons. The number of aryl methyl sites for hydroxylation is 1. The van der Waals surface area contributed by atoms with Crippen molar-refractivity contribution in [1.29, 1.82) is 0 Å². The molecule has 0 spiro atoms. The average molecular weight is 224 g/mol. The van der Waals surface area contributed by atoms with E-state index in [1.165, 1.54) is 0 Å². The molecule has 0 radical (unpaired) electrons. The average Bonchev–Trinajstić information content (AvgIpc) is 2.28. The topological polar surface area (TPSA) is 38.7 Å². The summed E-state index contributed by atoms with van der Waals surface area (Å²) in [4.78, 5) is 0. The van der Waals surface area contributed by atoms with Gasteiger partial charge in [0.05, 0.1) is 0 Å². The zero-order valence-corrected chi connectivity index (χ0v) is 10.1. The van der Waals surface area contributed by atoms with Crippen molar-refractivity contribution in [3.8, 4) is 0 Å². The molecule has 1 atom stereocenters. The third kappa shape index (κ3) is 3.30. The Hall–Kier alpha value is -0.900. The van der Waals surface area contributed by atoms with Gasteiger partial charge in [0, 0.05) is 13.2 Å². The Bertz CT molecular complexity index is 306. The van der Waals surface area contributed by atoms with Gasteiger partial charge >= 0.3 is 0 Å². The second-order valence-electron chi connectivity index (χ2n) is 3.58. The molecule has 1 N–H and O–H groups in total. The summed E-state index contributed by atoms with van der Waals surface area (Å²) in [6, 6.07) is 7.71. The molecule has 0 aliphatic carbocycles. The van der Waals surface area contributed by atoms with Crippen LogP contribution < -0.4 is 0 Å². The van der Waals surface area contributed by atoms with E-state index in [0.717, 1.165) is 11.1 Å². The van der Waals surface area contributed by atoms with Gasteiger partial charge in [-0.15, -0.1) is 0 Å². The molecule has 0 fully saturated rings. The molecule has 0 heterocycles. The van der Waals surface area contributed by atoms with Gasteiger partial charge in [-0.05, 0) is 31.9 Å². The molecule has 3 heteroatoms. The van der Waals surface area contributed by atoms with E-state index in [1.807, 2.05) is 45.0 Å². The summed E-state index contributed by atoms with van der Waals surface area (Å²) in [5.41, 5.74) is 1.90. The highest BCUT2D eigenvalue weighted by Gasteiger charge is 2.22. The Morgan fingerprint density at radius 1 is 1.12 bits per heavy atom. The minimum atomic E-state index is -0.735. The fourth-order valence-corrected chi connectivity index (χ4v) is 1.62. The van der Waals surface area contributed by atoms with Crippen molar-refractivity contribution < 1.29 is 14.6 Å². The van der Waals surface area contributed by atoms with Crippen molar-refractivity contribution in [2.75, 3.05) is 13.2 Å². The van der Waals surface area contributed by atoms with E-state index in [9.17, 15) is 5.11 Å². The van der Waals surface area contributed by atoms with Gasteiger partial charge in [-0.2, -0.15) is 0 Å². The predicted octanol–water partition coefficient (Wildman–Crippen LogP) is 2.43. The summed E-state index contributed by atoms with van der Waals surface area (Å²) in [5.74, 6) is 0. The fourth-order valence-electron chi connectivity index (χ4n) is 1.62. The second kappa shape index (κ2) is 6.63. The molecule has 16 heavy (non-hydrogen) atoms. The van der Waals surface area contributed by atoms with Crippen LogP contribution in [0.4, 0.5) is 0 Å². The van der Waals surface area contributed by atoms with Crippen LogP contribution in [0.3, 0.4) is 0 Å². The maximum absolute atomic E-state index is 10.2. The summed E-state index contributed by atoms with van der Waals surface area (Å²) in [7, 11) is 0. The minimum Gasteiger partial charge on any atom is -0.383 e. The van der Waals surface area contributed by atoms with E-state index in [2.05, 4.69) is 0 Å². The number of hydrogen-bond acceptors (Lipinski definition) is 3. The van der Waals surface area contributed by atoms with Crippen LogP contribution in [-0.2, 0) is 9.47 Å². The highest BCUT2D eigenvalue weighted by molar-refractivity contribution is 5.27. The molecule has 0 saturated carbocycles. The highest BCUT2D eigenvalue weighted by Crippen LogP contribution is 2.23. The van der Waals surface area contributed by atoms with Crippen LogP contribution in [0.5, 0.6) is 0 Å². The van der Waals surface area contributed by atoms with Gasteiger partial charge in [-0.25, -0.2) is 0 Å². The van der Waals surface area contributed by atoms with Crippen LogP contribution in [0.2, 0.25) is 0 Å². The van der Waals surface area contributed by atoms with E-state index in [0.29, 0.717) is 13.2 Å². The van der Waals surface area contributed by atoms with Gasteiger partial charge in [-0.3, -0.25) is 0 Å². The van der Waals surface area contributed by atoms with Crippen molar-refractivity contribution in [2.45, 2.75) is 33.2 Å². The highest BCUT2D eigenvalue weighted by atomic mass is 16.7.